The van der Waals surface area contributed by atoms with Crippen molar-refractivity contribution in [2.45, 2.75) is 39.5 Å². The van der Waals surface area contributed by atoms with Crippen molar-refractivity contribution in [2.75, 3.05) is 13.1 Å². The zero-order chi connectivity index (χ0) is 14.7. The van der Waals surface area contributed by atoms with Crippen LogP contribution in [0.4, 0.5) is 0 Å². The van der Waals surface area contributed by atoms with Gasteiger partial charge in [-0.05, 0) is 23.9 Å². The first-order valence-corrected chi connectivity index (χ1v) is 7.68. The number of rotatable bonds is 3. The Morgan fingerprint density at radius 3 is 2.95 bits per heavy atom. The van der Waals surface area contributed by atoms with Gasteiger partial charge in [0, 0.05) is 25.4 Å². The predicted octanol–water partition coefficient (Wildman–Crippen LogP) is 2.36. The molecule has 1 unspecified atom stereocenters. The van der Waals surface area contributed by atoms with Crippen molar-refractivity contribution in [3.05, 3.63) is 10.6 Å². The minimum absolute atomic E-state index is 0.000796. The molecule has 1 atom stereocenters. The lowest BCUT2D eigenvalue weighted by atomic mass is 9.93. The molecule has 0 spiro atoms. The molecule has 6 nitrogen and oxygen atoms in total. The van der Waals surface area contributed by atoms with Crippen LogP contribution in [0.3, 0.4) is 0 Å². The summed E-state index contributed by atoms with van der Waals surface area (Å²) in [4.78, 5) is 15.1. The van der Waals surface area contributed by atoms with Crippen LogP contribution in [0, 0.1) is 5.92 Å². The standard InChI is InChI=1S/C13H20N4O2S/c1-4-9-7-17(6-5-10(9)15-19)13(18)12-11(8(2)3)14-16-20-12/h8-9,19H,4-7H2,1-3H3. The molecule has 2 heterocycles. The van der Waals surface area contributed by atoms with Gasteiger partial charge in [-0.3, -0.25) is 4.79 Å². The Hall–Kier alpha value is -1.50. The van der Waals surface area contributed by atoms with Gasteiger partial charge in [0.25, 0.3) is 5.91 Å². The SMILES string of the molecule is CCC1CN(C(=O)c2snnc2C(C)C)CCC1=NO. The fourth-order valence-corrected chi connectivity index (χ4v) is 3.25. The summed E-state index contributed by atoms with van der Waals surface area (Å²) in [6.07, 6.45) is 1.49. The van der Waals surface area contributed by atoms with Crippen LogP contribution >= 0.6 is 11.5 Å². The van der Waals surface area contributed by atoms with E-state index in [-0.39, 0.29) is 17.7 Å². The summed E-state index contributed by atoms with van der Waals surface area (Å²) in [5, 5.41) is 16.4. The van der Waals surface area contributed by atoms with Crippen LogP contribution in [0.15, 0.2) is 5.16 Å². The molecular weight excluding hydrogens is 276 g/mol. The molecule has 0 aliphatic carbocycles. The molecule has 0 aromatic carbocycles. The molecule has 20 heavy (non-hydrogen) atoms. The summed E-state index contributed by atoms with van der Waals surface area (Å²) in [6, 6.07) is 0. The average molecular weight is 296 g/mol. The van der Waals surface area contributed by atoms with Crippen LogP contribution in [-0.2, 0) is 0 Å². The van der Waals surface area contributed by atoms with E-state index in [2.05, 4.69) is 14.7 Å². The van der Waals surface area contributed by atoms with E-state index in [0.29, 0.717) is 24.4 Å². The van der Waals surface area contributed by atoms with Gasteiger partial charge in [-0.1, -0.05) is 30.4 Å². The van der Waals surface area contributed by atoms with Crippen LogP contribution < -0.4 is 0 Å². The van der Waals surface area contributed by atoms with Gasteiger partial charge in [0.05, 0.1) is 11.4 Å². The number of carbonyl (C=O) groups is 1. The Bertz CT molecular complexity index is 512. The second-order valence-corrected chi connectivity index (χ2v) is 6.09. The van der Waals surface area contributed by atoms with Gasteiger partial charge >= 0.3 is 0 Å². The Balaban J connectivity index is 2.16. The molecular formula is C13H20N4O2S. The number of piperidine rings is 1. The molecule has 7 heteroatoms. The monoisotopic (exact) mass is 296 g/mol. The number of oxime groups is 1. The van der Waals surface area contributed by atoms with Crippen LogP contribution in [0.5, 0.6) is 0 Å². The lowest BCUT2D eigenvalue weighted by Gasteiger charge is -2.32. The molecule has 2 rings (SSSR count). The van der Waals surface area contributed by atoms with Crippen LogP contribution in [0.25, 0.3) is 0 Å². The average Bonchev–Trinajstić information content (AvgIpc) is 2.95. The van der Waals surface area contributed by atoms with Crippen molar-refractivity contribution in [3.63, 3.8) is 0 Å². The maximum Gasteiger partial charge on any atom is 0.267 e. The highest BCUT2D eigenvalue weighted by Crippen LogP contribution is 2.24. The minimum atomic E-state index is -0.000796. The topological polar surface area (TPSA) is 78.7 Å². The third kappa shape index (κ3) is 2.82. The van der Waals surface area contributed by atoms with Gasteiger partial charge in [-0.2, -0.15) is 0 Å². The summed E-state index contributed by atoms with van der Waals surface area (Å²) >= 11 is 1.16. The Labute approximate surface area is 122 Å². The first-order valence-electron chi connectivity index (χ1n) is 6.90. The molecule has 1 saturated heterocycles. The normalized spacial score (nSPS) is 21.7. The van der Waals surface area contributed by atoms with E-state index in [1.807, 2.05) is 25.7 Å². The third-order valence-electron chi connectivity index (χ3n) is 3.71. The second-order valence-electron chi connectivity index (χ2n) is 5.34. The first kappa shape index (κ1) is 14.9. The fraction of sp³-hybridized carbons (Fsp3) is 0.692. The largest absolute Gasteiger partial charge is 0.411 e. The summed E-state index contributed by atoms with van der Waals surface area (Å²) < 4.78 is 3.91. The molecule has 0 bridgehead atoms. The van der Waals surface area contributed by atoms with E-state index >= 15 is 0 Å². The number of likely N-dealkylation sites (tertiary alicyclic amines) is 1. The number of hydrogen-bond acceptors (Lipinski definition) is 6. The van der Waals surface area contributed by atoms with E-state index < -0.39 is 0 Å². The van der Waals surface area contributed by atoms with Crippen molar-refractivity contribution in [1.29, 1.82) is 0 Å². The van der Waals surface area contributed by atoms with Gasteiger partial charge in [0.2, 0.25) is 0 Å². The third-order valence-corrected chi connectivity index (χ3v) is 4.44. The summed E-state index contributed by atoms with van der Waals surface area (Å²) in [7, 11) is 0. The molecule has 0 saturated carbocycles. The van der Waals surface area contributed by atoms with E-state index in [9.17, 15) is 4.79 Å². The molecule has 1 aromatic rings. The van der Waals surface area contributed by atoms with Crippen molar-refractivity contribution in [2.24, 2.45) is 11.1 Å². The molecule has 1 aliphatic heterocycles. The Kier molecular flexibility index (Phi) is 4.69. The number of amides is 1. The maximum atomic E-state index is 12.6. The first-order chi connectivity index (χ1) is 9.58. The van der Waals surface area contributed by atoms with Crippen LogP contribution in [0.2, 0.25) is 0 Å². The number of aromatic nitrogens is 2. The Morgan fingerprint density at radius 2 is 2.35 bits per heavy atom. The second kappa shape index (κ2) is 6.30. The van der Waals surface area contributed by atoms with E-state index in [0.717, 1.165) is 29.4 Å². The highest BCUT2D eigenvalue weighted by atomic mass is 32.1. The summed E-state index contributed by atoms with van der Waals surface area (Å²) in [5.41, 5.74) is 1.57. The fourth-order valence-electron chi connectivity index (χ4n) is 2.46. The van der Waals surface area contributed by atoms with Gasteiger partial charge in [-0.25, -0.2) is 0 Å². The minimum Gasteiger partial charge on any atom is -0.411 e. The van der Waals surface area contributed by atoms with E-state index in [4.69, 9.17) is 5.21 Å². The smallest absolute Gasteiger partial charge is 0.267 e. The van der Waals surface area contributed by atoms with Gasteiger partial charge in [0.15, 0.2) is 0 Å². The van der Waals surface area contributed by atoms with Crippen molar-refractivity contribution in [3.8, 4) is 0 Å². The lowest BCUT2D eigenvalue weighted by Crippen LogP contribution is -2.44. The van der Waals surface area contributed by atoms with E-state index in [1.54, 1.807) is 0 Å². The lowest BCUT2D eigenvalue weighted by molar-refractivity contribution is 0.0732. The zero-order valence-corrected chi connectivity index (χ0v) is 12.9. The van der Waals surface area contributed by atoms with Gasteiger partial charge in [-0.15, -0.1) is 5.10 Å². The zero-order valence-electron chi connectivity index (χ0n) is 12.0. The maximum absolute atomic E-state index is 12.6. The Morgan fingerprint density at radius 1 is 1.60 bits per heavy atom. The molecule has 1 aromatic heterocycles. The molecule has 0 radical (unpaired) electrons. The highest BCUT2D eigenvalue weighted by molar-refractivity contribution is 7.08. The highest BCUT2D eigenvalue weighted by Gasteiger charge is 2.30. The van der Waals surface area contributed by atoms with Crippen molar-refractivity contribution in [1.82, 2.24) is 14.5 Å². The molecule has 1 amide bonds. The number of hydrogen-bond donors (Lipinski definition) is 1. The number of nitrogens with zero attached hydrogens (tertiary/aromatic N) is 4. The van der Waals surface area contributed by atoms with Crippen LogP contribution in [0.1, 0.15) is 54.9 Å². The van der Waals surface area contributed by atoms with Crippen LogP contribution in [-0.4, -0.2) is 44.4 Å². The molecule has 1 fully saturated rings. The quantitative estimate of drug-likeness (QED) is 0.686. The van der Waals surface area contributed by atoms with Crippen molar-refractivity contribution < 1.29 is 10.0 Å². The summed E-state index contributed by atoms with van der Waals surface area (Å²) in [6.45, 7) is 7.25. The molecule has 1 aliphatic rings. The molecule has 1 N–H and O–H groups in total. The molecule has 110 valence electrons. The van der Waals surface area contributed by atoms with Crippen molar-refractivity contribution >= 4 is 23.2 Å². The summed E-state index contributed by atoms with van der Waals surface area (Å²) in [5.74, 6) is 0.328. The van der Waals surface area contributed by atoms with E-state index in [1.165, 1.54) is 0 Å². The number of carbonyl (C=O) groups excluding carboxylic acids is 1. The van der Waals surface area contributed by atoms with Gasteiger partial charge < -0.3 is 10.1 Å². The van der Waals surface area contributed by atoms with Gasteiger partial charge in [0.1, 0.15) is 4.88 Å². The predicted molar refractivity (Wildman–Crippen MR) is 77.5 cm³/mol.